The number of alkyl carbamates (subject to hydrolysis) is 1. The van der Waals surface area contributed by atoms with Gasteiger partial charge in [0.05, 0.1) is 6.54 Å². The lowest BCUT2D eigenvalue weighted by molar-refractivity contribution is -0.131. The van der Waals surface area contributed by atoms with Crippen LogP contribution in [0.2, 0.25) is 0 Å². The van der Waals surface area contributed by atoms with Crippen LogP contribution in [0.15, 0.2) is 24.3 Å². The molecule has 0 aliphatic heterocycles. The Balaban J connectivity index is 2.19. The molecule has 1 aromatic rings. The number of ether oxygens (including phenoxy) is 1. The van der Waals surface area contributed by atoms with Crippen molar-refractivity contribution in [3.05, 3.63) is 35.4 Å². The van der Waals surface area contributed by atoms with Crippen LogP contribution in [0, 0.1) is 19.3 Å². The average molecular weight is 458 g/mol. The summed E-state index contributed by atoms with van der Waals surface area (Å²) in [6.07, 6.45) is 8.48. The molecule has 0 fully saturated rings. The first-order valence-electron chi connectivity index (χ1n) is 11.6. The van der Waals surface area contributed by atoms with Gasteiger partial charge in [0, 0.05) is 32.5 Å². The number of carbonyl (C=O) groups excluding carboxylic acids is 3. The summed E-state index contributed by atoms with van der Waals surface area (Å²) in [7, 11) is 0. The lowest BCUT2D eigenvalue weighted by Crippen LogP contribution is -2.36. The molecule has 33 heavy (non-hydrogen) atoms. The largest absolute Gasteiger partial charge is 0.444 e. The van der Waals surface area contributed by atoms with Gasteiger partial charge in [-0.1, -0.05) is 35.7 Å². The monoisotopic (exact) mass is 457 g/mol. The van der Waals surface area contributed by atoms with E-state index in [1.54, 1.807) is 25.7 Å². The molecule has 0 radical (unpaired) electrons. The standard InChI is InChI=1S/C26H39N3O4/c1-6-19-29(20-9-18-28-25(32)33-26(3,4)5)24(31)12-8-17-27-23(30)11-7-10-22-15-13-21(2)14-16-22/h1,13-16H,7-12,17-20H2,2-5H3,(H,27,30)(H,28,32). The van der Waals surface area contributed by atoms with Gasteiger partial charge in [0.2, 0.25) is 11.8 Å². The van der Waals surface area contributed by atoms with Crippen LogP contribution in [0.1, 0.15) is 64.0 Å². The third-order valence-corrected chi connectivity index (χ3v) is 4.79. The van der Waals surface area contributed by atoms with Crippen molar-refractivity contribution in [2.24, 2.45) is 0 Å². The number of carbonyl (C=O) groups is 3. The Labute approximate surface area is 198 Å². The highest BCUT2D eigenvalue weighted by Gasteiger charge is 2.16. The van der Waals surface area contributed by atoms with Crippen LogP contribution in [-0.4, -0.2) is 54.6 Å². The van der Waals surface area contributed by atoms with Gasteiger partial charge in [-0.15, -0.1) is 6.42 Å². The van der Waals surface area contributed by atoms with Gasteiger partial charge in [-0.3, -0.25) is 9.59 Å². The molecule has 0 atom stereocenters. The molecule has 0 unspecified atom stereocenters. The Bertz CT molecular complexity index is 791. The molecular weight excluding hydrogens is 418 g/mol. The first-order valence-corrected chi connectivity index (χ1v) is 11.6. The van der Waals surface area contributed by atoms with E-state index in [1.807, 2.05) is 0 Å². The predicted molar refractivity (Wildman–Crippen MR) is 131 cm³/mol. The summed E-state index contributed by atoms with van der Waals surface area (Å²) < 4.78 is 5.18. The molecule has 0 saturated carbocycles. The van der Waals surface area contributed by atoms with Gasteiger partial charge in [-0.05, 0) is 58.9 Å². The summed E-state index contributed by atoms with van der Waals surface area (Å²) in [5.41, 5.74) is 1.91. The van der Waals surface area contributed by atoms with Crippen LogP contribution in [0.3, 0.4) is 0 Å². The molecule has 182 valence electrons. The first-order chi connectivity index (χ1) is 15.6. The number of amides is 3. The summed E-state index contributed by atoms with van der Waals surface area (Å²) >= 11 is 0. The number of terminal acetylenes is 1. The van der Waals surface area contributed by atoms with Gasteiger partial charge >= 0.3 is 6.09 Å². The fourth-order valence-electron chi connectivity index (χ4n) is 3.10. The molecule has 1 aromatic carbocycles. The smallest absolute Gasteiger partial charge is 0.407 e. The zero-order valence-electron chi connectivity index (χ0n) is 20.5. The average Bonchev–Trinajstić information content (AvgIpc) is 2.73. The van der Waals surface area contributed by atoms with Crippen LogP contribution in [0.25, 0.3) is 0 Å². The highest BCUT2D eigenvalue weighted by Crippen LogP contribution is 2.08. The van der Waals surface area contributed by atoms with Crippen LogP contribution in [0.5, 0.6) is 0 Å². The van der Waals surface area contributed by atoms with Gasteiger partial charge in [0.25, 0.3) is 0 Å². The summed E-state index contributed by atoms with van der Waals surface area (Å²) in [5, 5.41) is 5.55. The third kappa shape index (κ3) is 13.9. The Morgan fingerprint density at radius 2 is 1.67 bits per heavy atom. The zero-order valence-corrected chi connectivity index (χ0v) is 20.5. The zero-order chi connectivity index (χ0) is 24.7. The van der Waals surface area contributed by atoms with Gasteiger partial charge in [-0.2, -0.15) is 0 Å². The SMILES string of the molecule is C#CCN(CCCNC(=O)OC(C)(C)C)C(=O)CCCNC(=O)CCCc1ccc(C)cc1. The first kappa shape index (κ1) is 28.0. The van der Waals surface area contributed by atoms with Crippen molar-refractivity contribution >= 4 is 17.9 Å². The normalized spacial score (nSPS) is 10.8. The minimum absolute atomic E-state index is 0.00302. The van der Waals surface area contributed by atoms with Gasteiger partial charge in [0.15, 0.2) is 0 Å². The molecule has 0 aliphatic rings. The molecule has 0 aliphatic carbocycles. The van der Waals surface area contributed by atoms with Crippen LogP contribution in [-0.2, 0) is 20.7 Å². The topological polar surface area (TPSA) is 87.7 Å². The molecule has 7 nitrogen and oxygen atoms in total. The Kier molecular flexibility index (Phi) is 12.7. The fourth-order valence-corrected chi connectivity index (χ4v) is 3.10. The van der Waals surface area contributed by atoms with E-state index in [0.717, 1.165) is 12.8 Å². The highest BCUT2D eigenvalue weighted by atomic mass is 16.6. The maximum Gasteiger partial charge on any atom is 0.407 e. The van der Waals surface area contributed by atoms with E-state index in [-0.39, 0.29) is 18.4 Å². The number of benzene rings is 1. The second-order valence-electron chi connectivity index (χ2n) is 9.09. The molecule has 0 saturated heterocycles. The highest BCUT2D eigenvalue weighted by molar-refractivity contribution is 5.77. The number of hydrogen-bond acceptors (Lipinski definition) is 4. The molecule has 0 heterocycles. The summed E-state index contributed by atoms with van der Waals surface area (Å²) in [6.45, 7) is 8.97. The maximum atomic E-state index is 12.5. The van der Waals surface area contributed by atoms with Gasteiger partial charge in [0.1, 0.15) is 5.60 Å². The van der Waals surface area contributed by atoms with Crippen molar-refractivity contribution in [1.82, 2.24) is 15.5 Å². The van der Waals surface area contributed by atoms with Crippen molar-refractivity contribution in [2.45, 2.75) is 71.8 Å². The Morgan fingerprint density at radius 1 is 1.00 bits per heavy atom. The third-order valence-electron chi connectivity index (χ3n) is 4.79. The molecule has 0 aromatic heterocycles. The number of nitrogens with one attached hydrogen (secondary N) is 2. The Hall–Kier alpha value is -3.01. The fraction of sp³-hybridized carbons (Fsp3) is 0.577. The van der Waals surface area contributed by atoms with Gasteiger partial charge < -0.3 is 20.3 Å². The molecule has 0 spiro atoms. The van der Waals surface area contributed by atoms with Crippen molar-refractivity contribution in [3.63, 3.8) is 0 Å². The van der Waals surface area contributed by atoms with E-state index >= 15 is 0 Å². The molecular formula is C26H39N3O4. The van der Waals surface area contributed by atoms with E-state index < -0.39 is 11.7 Å². The number of rotatable bonds is 13. The van der Waals surface area contributed by atoms with Crippen molar-refractivity contribution in [3.8, 4) is 12.3 Å². The lowest BCUT2D eigenvalue weighted by Gasteiger charge is -2.22. The maximum absolute atomic E-state index is 12.5. The van der Waals surface area contributed by atoms with Crippen LogP contribution >= 0.6 is 0 Å². The quantitative estimate of drug-likeness (QED) is 0.350. The number of aryl methyl sites for hydroxylation is 2. The van der Waals surface area contributed by atoms with Crippen molar-refractivity contribution in [1.29, 1.82) is 0 Å². The predicted octanol–water partition coefficient (Wildman–Crippen LogP) is 3.59. The van der Waals surface area contributed by atoms with E-state index in [2.05, 4.69) is 47.7 Å². The summed E-state index contributed by atoms with van der Waals surface area (Å²) in [4.78, 5) is 37.7. The molecule has 0 bridgehead atoms. The van der Waals surface area contributed by atoms with E-state index in [9.17, 15) is 14.4 Å². The van der Waals surface area contributed by atoms with Crippen LogP contribution in [0.4, 0.5) is 4.79 Å². The Morgan fingerprint density at radius 3 is 2.30 bits per heavy atom. The second kappa shape index (κ2) is 14.9. The number of hydrogen-bond donors (Lipinski definition) is 2. The van der Waals surface area contributed by atoms with E-state index in [1.165, 1.54) is 11.1 Å². The number of nitrogens with zero attached hydrogens (tertiary/aromatic N) is 1. The van der Waals surface area contributed by atoms with E-state index in [0.29, 0.717) is 45.3 Å². The lowest BCUT2D eigenvalue weighted by atomic mass is 10.1. The summed E-state index contributed by atoms with van der Waals surface area (Å²) in [6, 6.07) is 8.34. The van der Waals surface area contributed by atoms with Gasteiger partial charge in [-0.25, -0.2) is 4.79 Å². The molecule has 3 amide bonds. The van der Waals surface area contributed by atoms with Crippen LogP contribution < -0.4 is 10.6 Å². The minimum atomic E-state index is -0.550. The molecule has 1 rings (SSSR count). The summed E-state index contributed by atoms with van der Waals surface area (Å²) in [5.74, 6) is 2.45. The molecule has 7 heteroatoms. The van der Waals surface area contributed by atoms with E-state index in [4.69, 9.17) is 11.2 Å². The molecule has 2 N–H and O–H groups in total. The minimum Gasteiger partial charge on any atom is -0.444 e. The van der Waals surface area contributed by atoms with Crippen molar-refractivity contribution < 1.29 is 19.1 Å². The second-order valence-corrected chi connectivity index (χ2v) is 9.09. The van der Waals surface area contributed by atoms with Crippen molar-refractivity contribution in [2.75, 3.05) is 26.2 Å².